The number of rotatable bonds is 5. The van der Waals surface area contributed by atoms with Gasteiger partial charge in [-0.2, -0.15) is 0 Å². The van der Waals surface area contributed by atoms with Crippen molar-refractivity contribution in [3.05, 3.63) is 41.2 Å². The molecule has 1 aliphatic heterocycles. The van der Waals surface area contributed by atoms with Crippen molar-refractivity contribution in [2.75, 3.05) is 19.0 Å². The third-order valence-corrected chi connectivity index (χ3v) is 5.78. The molecule has 1 aliphatic carbocycles. The molecule has 1 aromatic carbocycles. The number of hydrogen-bond acceptors (Lipinski definition) is 4. The molecule has 0 unspecified atom stereocenters. The summed E-state index contributed by atoms with van der Waals surface area (Å²) >= 11 is 1.56. The summed E-state index contributed by atoms with van der Waals surface area (Å²) in [5.74, 6) is 2.20. The highest BCUT2D eigenvalue weighted by molar-refractivity contribution is 8.00. The molecule has 0 N–H and O–H groups in total. The summed E-state index contributed by atoms with van der Waals surface area (Å²) in [5, 5.41) is 0. The van der Waals surface area contributed by atoms with E-state index < -0.39 is 0 Å². The van der Waals surface area contributed by atoms with E-state index in [2.05, 4.69) is 18.4 Å². The van der Waals surface area contributed by atoms with E-state index in [-0.39, 0.29) is 5.78 Å². The van der Waals surface area contributed by atoms with Crippen molar-refractivity contribution in [2.45, 2.75) is 44.0 Å². The molecule has 0 spiro atoms. The van der Waals surface area contributed by atoms with Crippen LogP contribution >= 0.6 is 11.8 Å². The Labute approximate surface area is 152 Å². The summed E-state index contributed by atoms with van der Waals surface area (Å²) in [6, 6.07) is 8.57. The average Bonchev–Trinajstić information content (AvgIpc) is 3.41. The van der Waals surface area contributed by atoms with Crippen LogP contribution in [0.25, 0.3) is 0 Å². The molecule has 2 aromatic rings. The molecule has 0 amide bonds. The third-order valence-electron chi connectivity index (χ3n) is 4.79. The minimum Gasteiger partial charge on any atom is -0.490 e. The van der Waals surface area contributed by atoms with Crippen molar-refractivity contribution in [3.63, 3.8) is 0 Å². The van der Waals surface area contributed by atoms with Crippen LogP contribution in [-0.2, 0) is 0 Å². The monoisotopic (exact) mass is 357 g/mol. The van der Waals surface area contributed by atoms with Crippen molar-refractivity contribution in [1.82, 2.24) is 4.57 Å². The Morgan fingerprint density at radius 3 is 2.68 bits per heavy atom. The molecule has 0 saturated heterocycles. The second kappa shape index (κ2) is 6.79. The Balaban J connectivity index is 1.45. The van der Waals surface area contributed by atoms with Gasteiger partial charge in [0.15, 0.2) is 17.3 Å². The van der Waals surface area contributed by atoms with E-state index in [0.29, 0.717) is 25.0 Å². The number of ether oxygens (including phenoxy) is 2. The summed E-state index contributed by atoms with van der Waals surface area (Å²) in [6.07, 6.45) is 3.36. The zero-order chi connectivity index (χ0) is 17.4. The molecule has 4 rings (SSSR count). The Morgan fingerprint density at radius 1 is 1.16 bits per heavy atom. The van der Waals surface area contributed by atoms with Gasteiger partial charge in [-0.3, -0.25) is 4.79 Å². The van der Waals surface area contributed by atoms with Gasteiger partial charge in [-0.1, -0.05) is 0 Å². The van der Waals surface area contributed by atoms with E-state index in [9.17, 15) is 4.79 Å². The van der Waals surface area contributed by atoms with Crippen molar-refractivity contribution >= 4 is 17.5 Å². The molecule has 132 valence electrons. The number of Topliss-reactive ketones (excluding diaryl/α,β-unsaturated/α-hetero) is 1. The zero-order valence-corrected chi connectivity index (χ0v) is 15.5. The Morgan fingerprint density at radius 2 is 1.92 bits per heavy atom. The predicted molar refractivity (Wildman–Crippen MR) is 99.3 cm³/mol. The molecule has 0 atom stereocenters. The van der Waals surface area contributed by atoms with Gasteiger partial charge in [0.2, 0.25) is 0 Å². The summed E-state index contributed by atoms with van der Waals surface area (Å²) in [6.45, 7) is 5.53. The third kappa shape index (κ3) is 3.43. The van der Waals surface area contributed by atoms with Crippen molar-refractivity contribution in [3.8, 4) is 11.5 Å². The lowest BCUT2D eigenvalue weighted by Crippen LogP contribution is -2.05. The molecule has 1 aromatic heterocycles. The van der Waals surface area contributed by atoms with Gasteiger partial charge in [-0.15, -0.1) is 11.8 Å². The number of carbonyl (C=O) groups excluding carboxylic acids is 1. The minimum atomic E-state index is 0.192. The van der Waals surface area contributed by atoms with Gasteiger partial charge in [0.25, 0.3) is 0 Å². The van der Waals surface area contributed by atoms with Crippen molar-refractivity contribution < 1.29 is 14.3 Å². The van der Waals surface area contributed by atoms with Gasteiger partial charge < -0.3 is 14.0 Å². The van der Waals surface area contributed by atoms with Crippen LogP contribution in [0.3, 0.4) is 0 Å². The number of benzene rings is 1. The van der Waals surface area contributed by atoms with Gasteiger partial charge in [-0.05, 0) is 51.0 Å². The molecule has 2 heterocycles. The smallest absolute Gasteiger partial charge is 0.174 e. The summed E-state index contributed by atoms with van der Waals surface area (Å²) in [5.41, 5.74) is 3.18. The molecular weight excluding hydrogens is 334 g/mol. The van der Waals surface area contributed by atoms with Crippen LogP contribution in [-0.4, -0.2) is 29.3 Å². The molecule has 0 radical (unpaired) electrons. The van der Waals surface area contributed by atoms with E-state index in [0.717, 1.165) is 34.1 Å². The number of aromatic nitrogens is 1. The fourth-order valence-electron chi connectivity index (χ4n) is 3.41. The fourth-order valence-corrected chi connectivity index (χ4v) is 4.22. The van der Waals surface area contributed by atoms with E-state index in [4.69, 9.17) is 9.47 Å². The number of thioether (sulfide) groups is 1. The molecular formula is C20H23NO3S. The second-order valence-corrected chi connectivity index (χ2v) is 7.81. The van der Waals surface area contributed by atoms with Gasteiger partial charge in [0.05, 0.1) is 19.0 Å². The lowest BCUT2D eigenvalue weighted by molar-refractivity contribution is 0.102. The number of hydrogen-bond donors (Lipinski definition) is 0. The first-order chi connectivity index (χ1) is 12.1. The molecule has 25 heavy (non-hydrogen) atoms. The minimum absolute atomic E-state index is 0.192. The Hall–Kier alpha value is -1.88. The molecule has 1 fully saturated rings. The maximum absolute atomic E-state index is 12.7. The average molecular weight is 357 g/mol. The molecule has 5 heteroatoms. The number of ketones is 1. The predicted octanol–water partition coefficient (Wildman–Crippen LogP) is 4.58. The van der Waals surface area contributed by atoms with Crippen LogP contribution < -0.4 is 9.47 Å². The maximum Gasteiger partial charge on any atom is 0.174 e. The largest absolute Gasteiger partial charge is 0.490 e. The fraction of sp³-hybridized carbons (Fsp3) is 0.450. The quantitative estimate of drug-likeness (QED) is 0.580. The van der Waals surface area contributed by atoms with Crippen molar-refractivity contribution in [1.29, 1.82) is 0 Å². The highest BCUT2D eigenvalue weighted by Crippen LogP contribution is 2.39. The second-order valence-electron chi connectivity index (χ2n) is 6.76. The summed E-state index contributed by atoms with van der Waals surface area (Å²) in [7, 11) is 0. The van der Waals surface area contributed by atoms with Crippen LogP contribution in [0.5, 0.6) is 11.5 Å². The first kappa shape index (κ1) is 16.6. The normalized spacial score (nSPS) is 16.6. The van der Waals surface area contributed by atoms with E-state index >= 15 is 0 Å². The number of nitrogens with zero attached hydrogens (tertiary/aromatic N) is 1. The Kier molecular flexibility index (Phi) is 4.50. The number of aryl methyl sites for hydroxylation is 1. The Bertz CT molecular complexity index is 808. The molecule has 0 bridgehead atoms. The number of fused-ring (bicyclic) bond motifs is 1. The highest BCUT2D eigenvalue weighted by atomic mass is 32.2. The van der Waals surface area contributed by atoms with Crippen LogP contribution in [0, 0.1) is 13.8 Å². The summed E-state index contributed by atoms with van der Waals surface area (Å²) < 4.78 is 13.7. The van der Waals surface area contributed by atoms with Crippen LogP contribution in [0.1, 0.15) is 47.1 Å². The van der Waals surface area contributed by atoms with Gasteiger partial charge in [0.1, 0.15) is 0 Å². The lowest BCUT2D eigenvalue weighted by atomic mass is 10.2. The van der Waals surface area contributed by atoms with Gasteiger partial charge in [0, 0.05) is 34.3 Å². The first-order valence-electron chi connectivity index (χ1n) is 8.87. The van der Waals surface area contributed by atoms with Crippen LogP contribution in [0.4, 0.5) is 0 Å². The van der Waals surface area contributed by atoms with E-state index in [1.54, 1.807) is 11.8 Å². The molecule has 4 nitrogen and oxygen atoms in total. The topological polar surface area (TPSA) is 40.5 Å². The van der Waals surface area contributed by atoms with Crippen molar-refractivity contribution in [2.24, 2.45) is 0 Å². The maximum atomic E-state index is 12.7. The van der Waals surface area contributed by atoms with Crippen LogP contribution in [0.2, 0.25) is 0 Å². The zero-order valence-electron chi connectivity index (χ0n) is 14.7. The summed E-state index contributed by atoms with van der Waals surface area (Å²) in [4.78, 5) is 13.7. The molecule has 1 saturated carbocycles. The lowest BCUT2D eigenvalue weighted by Gasteiger charge is -2.09. The molecule has 2 aliphatic rings. The number of carbonyl (C=O) groups is 1. The van der Waals surface area contributed by atoms with Gasteiger partial charge >= 0.3 is 0 Å². The highest BCUT2D eigenvalue weighted by Gasteiger charge is 2.28. The van der Waals surface area contributed by atoms with Gasteiger partial charge in [-0.25, -0.2) is 0 Å². The standard InChI is InChI=1S/C20H23NO3S/c1-13-10-17(14(2)21(13)15-4-5-15)18(22)12-25-16-6-7-19-20(11-16)24-9-3-8-23-19/h6-7,10-11,15H,3-5,8-9,12H2,1-2H3. The van der Waals surface area contributed by atoms with E-state index in [1.807, 2.05) is 24.3 Å². The van der Waals surface area contributed by atoms with Crippen LogP contribution in [0.15, 0.2) is 29.2 Å². The van der Waals surface area contributed by atoms with E-state index in [1.165, 1.54) is 18.5 Å². The first-order valence-corrected chi connectivity index (χ1v) is 9.86. The SMILES string of the molecule is Cc1cc(C(=O)CSc2ccc3c(c2)OCCCO3)c(C)n1C1CC1.